The molecule has 0 spiro atoms. The Hall–Kier alpha value is -1.75. The van der Waals surface area contributed by atoms with Gasteiger partial charge in [-0.25, -0.2) is 0 Å². The molecular weight excluding hydrogens is 238 g/mol. The van der Waals surface area contributed by atoms with Crippen molar-refractivity contribution in [2.24, 2.45) is 0 Å². The summed E-state index contributed by atoms with van der Waals surface area (Å²) in [5, 5.41) is 0.281. The zero-order valence-corrected chi connectivity index (χ0v) is 10.1. The van der Waals surface area contributed by atoms with Gasteiger partial charge in [0.05, 0.1) is 10.8 Å². The van der Waals surface area contributed by atoms with Crippen molar-refractivity contribution in [2.45, 2.75) is 0 Å². The lowest BCUT2D eigenvalue weighted by atomic mass is 10.1. The van der Waals surface area contributed by atoms with Crippen molar-refractivity contribution in [3.8, 4) is 0 Å². The fourth-order valence-electron chi connectivity index (χ4n) is 1.52. The molecule has 0 radical (unpaired) electrons. The third-order valence-electron chi connectivity index (χ3n) is 2.51. The minimum atomic E-state index is -1.40. The lowest BCUT2D eigenvalue weighted by Crippen LogP contribution is -2.19. The van der Waals surface area contributed by atoms with Gasteiger partial charge in [-0.15, -0.1) is 0 Å². The normalized spacial score (nSPS) is 22.2. The Morgan fingerprint density at radius 2 is 2.00 bits per heavy atom. The first-order valence-corrected chi connectivity index (χ1v) is 6.37. The van der Waals surface area contributed by atoms with Crippen molar-refractivity contribution in [1.82, 2.24) is 4.90 Å². The van der Waals surface area contributed by atoms with Gasteiger partial charge in [-0.3, -0.25) is 13.8 Å². The molecule has 1 saturated heterocycles. The monoisotopic (exact) mass is 249 g/mol. The summed E-state index contributed by atoms with van der Waals surface area (Å²) in [7, 11) is 0.127. The summed E-state index contributed by atoms with van der Waals surface area (Å²) < 4.78 is 11.6. The molecule has 2 rings (SSSR count). The molecule has 0 bridgehead atoms. The fourth-order valence-corrected chi connectivity index (χ4v) is 2.73. The van der Waals surface area contributed by atoms with E-state index in [0.717, 1.165) is 0 Å². The van der Waals surface area contributed by atoms with Crippen molar-refractivity contribution >= 4 is 22.5 Å². The number of ketones is 1. The van der Waals surface area contributed by atoms with Gasteiger partial charge >= 0.3 is 0 Å². The minimum absolute atomic E-state index is 0.0373. The van der Waals surface area contributed by atoms with Crippen LogP contribution in [0.5, 0.6) is 0 Å². The van der Waals surface area contributed by atoms with Crippen LogP contribution < -0.4 is 0 Å². The van der Waals surface area contributed by atoms with Crippen molar-refractivity contribution in [1.29, 1.82) is 0 Å². The maximum atomic E-state index is 11.8. The molecule has 5 heteroatoms. The van der Waals surface area contributed by atoms with E-state index >= 15 is 0 Å². The van der Waals surface area contributed by atoms with Crippen LogP contribution in [0.3, 0.4) is 0 Å². The predicted octanol–water partition coefficient (Wildman–Crippen LogP) is 0.931. The van der Waals surface area contributed by atoms with E-state index in [9.17, 15) is 13.8 Å². The molecule has 0 aromatic heterocycles. The topological polar surface area (TPSA) is 54.5 Å². The minimum Gasteiger partial charge on any atom is -0.307 e. The SMILES string of the molecule is CN1C(=O)CS(=O)/C1=C\C(=O)c1ccccc1. The lowest BCUT2D eigenvalue weighted by molar-refractivity contribution is -0.124. The molecule has 88 valence electrons. The van der Waals surface area contributed by atoms with Gasteiger partial charge in [0.25, 0.3) is 0 Å². The molecule has 17 heavy (non-hydrogen) atoms. The Bertz CT molecular complexity index is 522. The maximum Gasteiger partial charge on any atom is 0.240 e. The van der Waals surface area contributed by atoms with Crippen LogP contribution in [-0.4, -0.2) is 33.6 Å². The summed E-state index contributed by atoms with van der Waals surface area (Å²) in [6.07, 6.45) is 1.27. The van der Waals surface area contributed by atoms with E-state index in [4.69, 9.17) is 0 Å². The highest BCUT2D eigenvalue weighted by Gasteiger charge is 2.29. The Balaban J connectivity index is 2.29. The van der Waals surface area contributed by atoms with Gasteiger partial charge in [0.1, 0.15) is 10.8 Å². The van der Waals surface area contributed by atoms with Crippen LogP contribution in [0.2, 0.25) is 0 Å². The number of nitrogens with zero attached hydrogens (tertiary/aromatic N) is 1. The molecule has 1 aliphatic rings. The van der Waals surface area contributed by atoms with Crippen LogP contribution in [0.25, 0.3) is 0 Å². The second-order valence-corrected chi connectivity index (χ2v) is 5.05. The third-order valence-corrected chi connectivity index (χ3v) is 3.87. The molecule has 0 N–H and O–H groups in total. The summed E-state index contributed by atoms with van der Waals surface area (Å²) in [5.74, 6) is -0.504. The van der Waals surface area contributed by atoms with Crippen LogP contribution in [0.4, 0.5) is 0 Å². The third kappa shape index (κ3) is 2.34. The number of rotatable bonds is 2. The smallest absolute Gasteiger partial charge is 0.240 e. The fraction of sp³-hybridized carbons (Fsp3) is 0.167. The highest BCUT2D eigenvalue weighted by Crippen LogP contribution is 2.17. The van der Waals surface area contributed by atoms with Gasteiger partial charge in [-0.1, -0.05) is 30.3 Å². The van der Waals surface area contributed by atoms with Gasteiger partial charge in [0, 0.05) is 18.7 Å². The van der Waals surface area contributed by atoms with Crippen LogP contribution in [0, 0.1) is 0 Å². The van der Waals surface area contributed by atoms with Crippen molar-refractivity contribution in [3.63, 3.8) is 0 Å². The summed E-state index contributed by atoms with van der Waals surface area (Å²) >= 11 is 0. The van der Waals surface area contributed by atoms with Crippen molar-refractivity contribution < 1.29 is 13.8 Å². The second kappa shape index (κ2) is 4.63. The molecule has 4 nitrogen and oxygen atoms in total. The number of hydrogen-bond donors (Lipinski definition) is 0. The molecular formula is C12H11NO3S. The molecule has 1 atom stereocenters. The number of allylic oxidation sites excluding steroid dienone is 1. The predicted molar refractivity (Wildman–Crippen MR) is 64.6 cm³/mol. The highest BCUT2D eigenvalue weighted by molar-refractivity contribution is 7.90. The number of hydrogen-bond acceptors (Lipinski definition) is 3. The molecule has 1 aliphatic heterocycles. The van der Waals surface area contributed by atoms with Crippen molar-refractivity contribution in [3.05, 3.63) is 47.0 Å². The van der Waals surface area contributed by atoms with Crippen molar-refractivity contribution in [2.75, 3.05) is 12.8 Å². The standard InChI is InChI=1S/C12H11NO3S/c1-13-11(15)8-17(16)12(13)7-10(14)9-5-3-2-4-6-9/h2-7H,8H2,1H3/b12-7-. The van der Waals surface area contributed by atoms with Crippen LogP contribution >= 0.6 is 0 Å². The summed E-state index contributed by atoms with van der Waals surface area (Å²) in [6.45, 7) is 0. The number of benzene rings is 1. The first-order chi connectivity index (χ1) is 8.09. The largest absolute Gasteiger partial charge is 0.307 e. The Morgan fingerprint density at radius 1 is 1.35 bits per heavy atom. The van der Waals surface area contributed by atoms with Gasteiger partial charge in [-0.2, -0.15) is 0 Å². The zero-order valence-electron chi connectivity index (χ0n) is 9.25. The molecule has 0 aliphatic carbocycles. The lowest BCUT2D eigenvalue weighted by Gasteiger charge is -2.08. The van der Waals surface area contributed by atoms with E-state index < -0.39 is 10.8 Å². The van der Waals surface area contributed by atoms with Crippen LogP contribution in [0.1, 0.15) is 10.4 Å². The summed E-state index contributed by atoms with van der Waals surface area (Å²) in [5.41, 5.74) is 0.518. The maximum absolute atomic E-state index is 11.8. The first-order valence-electron chi connectivity index (χ1n) is 5.05. The van der Waals surface area contributed by atoms with Gasteiger partial charge in [-0.05, 0) is 0 Å². The van der Waals surface area contributed by atoms with E-state index in [1.54, 1.807) is 24.3 Å². The average Bonchev–Trinajstić information content (AvgIpc) is 2.57. The number of carbonyl (C=O) groups excluding carboxylic acids is 2. The van der Waals surface area contributed by atoms with Crippen LogP contribution in [-0.2, 0) is 15.6 Å². The molecule has 1 heterocycles. The molecule has 0 saturated carbocycles. The summed E-state index contributed by atoms with van der Waals surface area (Å²) in [4.78, 5) is 24.4. The van der Waals surface area contributed by atoms with E-state index in [1.165, 1.54) is 18.0 Å². The Labute approximate surface area is 101 Å². The van der Waals surface area contributed by atoms with Gasteiger partial charge in [0.2, 0.25) is 5.91 Å². The van der Waals surface area contributed by atoms with E-state index in [-0.39, 0.29) is 22.5 Å². The van der Waals surface area contributed by atoms with Gasteiger partial charge < -0.3 is 4.90 Å². The van der Waals surface area contributed by atoms with Gasteiger partial charge in [0.15, 0.2) is 5.78 Å². The molecule has 1 fully saturated rings. The quantitative estimate of drug-likeness (QED) is 0.579. The molecule has 1 aromatic carbocycles. The highest BCUT2D eigenvalue weighted by atomic mass is 32.2. The summed E-state index contributed by atoms with van der Waals surface area (Å²) in [6, 6.07) is 8.68. The van der Waals surface area contributed by atoms with E-state index in [1.807, 2.05) is 6.07 Å². The second-order valence-electron chi connectivity index (χ2n) is 3.66. The van der Waals surface area contributed by atoms with Crippen LogP contribution in [0.15, 0.2) is 41.4 Å². The Morgan fingerprint density at radius 3 is 2.53 bits per heavy atom. The average molecular weight is 249 g/mol. The van der Waals surface area contributed by atoms with E-state index in [0.29, 0.717) is 5.56 Å². The molecule has 1 amide bonds. The Kier molecular flexibility index (Phi) is 3.19. The van der Waals surface area contributed by atoms with E-state index in [2.05, 4.69) is 0 Å². The first kappa shape index (κ1) is 11.7. The number of carbonyl (C=O) groups is 2. The zero-order chi connectivity index (χ0) is 12.4. The molecule has 1 aromatic rings. The molecule has 1 unspecified atom stereocenters. The number of amides is 1.